The molecule has 0 N–H and O–H groups in total. The van der Waals surface area contributed by atoms with E-state index >= 15 is 0 Å². The van der Waals surface area contributed by atoms with Crippen molar-refractivity contribution in [1.82, 2.24) is 0 Å². The van der Waals surface area contributed by atoms with Gasteiger partial charge in [-0.05, 0) is 109 Å². The van der Waals surface area contributed by atoms with Gasteiger partial charge in [0.1, 0.15) is 13.2 Å². The highest BCUT2D eigenvalue weighted by Gasteiger charge is 2.19. The first kappa shape index (κ1) is 66.6. The summed E-state index contributed by atoms with van der Waals surface area (Å²) in [5, 5.41) is 0. The summed E-state index contributed by atoms with van der Waals surface area (Å²) >= 11 is 0. The van der Waals surface area contributed by atoms with Crippen LogP contribution in [0.2, 0.25) is 0 Å². The van der Waals surface area contributed by atoms with Crippen molar-refractivity contribution in [2.24, 2.45) is 0 Å². The molecule has 0 aromatic carbocycles. The maximum Gasteiger partial charge on any atom is 0.306 e. The van der Waals surface area contributed by atoms with Crippen molar-refractivity contribution < 1.29 is 28.6 Å². The van der Waals surface area contributed by atoms with Crippen LogP contribution in [-0.2, 0) is 28.6 Å². The highest BCUT2D eigenvalue weighted by atomic mass is 16.6. The summed E-state index contributed by atoms with van der Waals surface area (Å²) in [6.07, 6.45) is 81.6. The van der Waals surface area contributed by atoms with Gasteiger partial charge in [-0.15, -0.1) is 0 Å². The van der Waals surface area contributed by atoms with Crippen molar-refractivity contribution in [2.75, 3.05) is 13.2 Å². The van der Waals surface area contributed by atoms with Crippen LogP contribution in [-0.4, -0.2) is 37.2 Å². The van der Waals surface area contributed by atoms with E-state index in [1.54, 1.807) is 0 Å². The molecule has 0 aromatic rings. The minimum atomic E-state index is -0.830. The van der Waals surface area contributed by atoms with Gasteiger partial charge in [-0.3, -0.25) is 14.4 Å². The largest absolute Gasteiger partial charge is 0.462 e. The first-order chi connectivity index (χ1) is 35.0. The van der Waals surface area contributed by atoms with E-state index in [0.717, 1.165) is 116 Å². The van der Waals surface area contributed by atoms with Gasteiger partial charge in [-0.25, -0.2) is 0 Å². The predicted octanol–water partition coefficient (Wildman–Crippen LogP) is 19.4. The normalized spacial score (nSPS) is 13.1. The van der Waals surface area contributed by atoms with E-state index in [1.807, 2.05) is 12.2 Å². The second kappa shape index (κ2) is 58.1. The Kier molecular flexibility index (Phi) is 54.5. The molecule has 6 heteroatoms. The smallest absolute Gasteiger partial charge is 0.306 e. The Hall–Kier alpha value is -4.45. The van der Waals surface area contributed by atoms with E-state index < -0.39 is 6.10 Å². The number of ether oxygens (including phenoxy) is 3. The number of hydrogen-bond acceptors (Lipinski definition) is 6. The Morgan fingerprint density at radius 3 is 1.10 bits per heavy atom. The number of hydrogen-bond donors (Lipinski definition) is 0. The third-order valence-corrected chi connectivity index (χ3v) is 11.7. The minimum Gasteiger partial charge on any atom is -0.462 e. The number of esters is 3. The second-order valence-electron chi connectivity index (χ2n) is 18.5. The van der Waals surface area contributed by atoms with Gasteiger partial charge >= 0.3 is 17.9 Å². The van der Waals surface area contributed by atoms with E-state index in [-0.39, 0.29) is 44.0 Å². The van der Waals surface area contributed by atoms with Crippen molar-refractivity contribution in [3.05, 3.63) is 134 Å². The van der Waals surface area contributed by atoms with Crippen molar-refractivity contribution in [3.63, 3.8) is 0 Å². The molecular weight excluding hydrogens is 877 g/mol. The fraction of sp³-hybridized carbons (Fsp3) is 0.615. The zero-order chi connectivity index (χ0) is 51.4. The lowest BCUT2D eigenvalue weighted by Gasteiger charge is -2.18. The van der Waals surface area contributed by atoms with Crippen LogP contribution in [0.1, 0.15) is 239 Å². The van der Waals surface area contributed by atoms with Gasteiger partial charge in [0.15, 0.2) is 6.10 Å². The molecule has 0 saturated carbocycles. The molecule has 6 nitrogen and oxygen atoms in total. The number of allylic oxidation sites excluding steroid dienone is 22. The SMILES string of the molecule is CC/C=C\C/C=C\C/C=C\C/C=C\C/C=C\C/C=C\CCC(=O)OCC(COC(=O)CCCCCCC/C=C\CCCCCCCCC)OC(=O)CCCCCCC\C=C/C=C\C=C/C=C\CCCCC. The standard InChI is InChI=1S/C65H104O6/c1-4-7-10-13-16-19-22-25-28-31-33-35-37-40-43-46-49-52-55-58-64(67)70-61-62(60-69-63(66)57-54-51-48-45-42-39-36-30-27-24-21-18-15-12-9-6-3)71-65(68)59-56-53-50-47-44-41-38-34-32-29-26-23-20-17-14-11-8-5-2/h7,10,16-17,19-20,23,25-26,28-30,32-36,38,40,43,49,52,62H,4-6,8-9,11-15,18,21-22,24,27,31,37,39,41-42,44-48,50-51,53-61H2,1-3H3/b10-7-,19-16-,20-17-,26-23-,28-25-,32-29-,35-33-,36-30-,38-34-,43-40-,52-49-. The summed E-state index contributed by atoms with van der Waals surface area (Å²) in [6, 6.07) is 0. The molecule has 0 aliphatic carbocycles. The monoisotopic (exact) mass is 981 g/mol. The topological polar surface area (TPSA) is 78.9 Å². The van der Waals surface area contributed by atoms with Crippen LogP contribution in [0, 0.1) is 0 Å². The van der Waals surface area contributed by atoms with Crippen LogP contribution < -0.4 is 0 Å². The van der Waals surface area contributed by atoms with Crippen LogP contribution in [0.25, 0.3) is 0 Å². The Morgan fingerprint density at radius 1 is 0.310 bits per heavy atom. The average molecular weight is 982 g/mol. The summed E-state index contributed by atoms with van der Waals surface area (Å²) < 4.78 is 16.8. The zero-order valence-corrected chi connectivity index (χ0v) is 45.7. The lowest BCUT2D eigenvalue weighted by Crippen LogP contribution is -2.30. The summed E-state index contributed by atoms with van der Waals surface area (Å²) in [5.41, 5.74) is 0. The van der Waals surface area contributed by atoms with Gasteiger partial charge in [0.2, 0.25) is 0 Å². The molecule has 1 unspecified atom stereocenters. The molecule has 0 aliphatic rings. The van der Waals surface area contributed by atoms with Gasteiger partial charge in [0.05, 0.1) is 0 Å². The van der Waals surface area contributed by atoms with E-state index in [4.69, 9.17) is 14.2 Å². The third-order valence-electron chi connectivity index (χ3n) is 11.7. The molecule has 0 amide bonds. The average Bonchev–Trinajstić information content (AvgIpc) is 3.37. The van der Waals surface area contributed by atoms with Gasteiger partial charge in [-0.1, -0.05) is 244 Å². The first-order valence-corrected chi connectivity index (χ1v) is 28.7. The summed E-state index contributed by atoms with van der Waals surface area (Å²) in [7, 11) is 0. The molecule has 0 rings (SSSR count). The fourth-order valence-corrected chi connectivity index (χ4v) is 7.41. The molecule has 0 spiro atoms. The number of rotatable bonds is 50. The number of carbonyl (C=O) groups is 3. The van der Waals surface area contributed by atoms with Crippen molar-refractivity contribution in [1.29, 1.82) is 0 Å². The number of unbranched alkanes of at least 4 members (excludes halogenated alkanes) is 20. The van der Waals surface area contributed by atoms with Crippen LogP contribution >= 0.6 is 0 Å². The molecule has 0 heterocycles. The summed E-state index contributed by atoms with van der Waals surface area (Å²) in [4.78, 5) is 38.1. The van der Waals surface area contributed by atoms with Crippen molar-refractivity contribution in [2.45, 2.75) is 245 Å². The van der Waals surface area contributed by atoms with Crippen molar-refractivity contribution in [3.8, 4) is 0 Å². The maximum atomic E-state index is 12.9. The van der Waals surface area contributed by atoms with E-state index in [0.29, 0.717) is 12.8 Å². The summed E-state index contributed by atoms with van der Waals surface area (Å²) in [6.45, 7) is 6.39. The predicted molar refractivity (Wildman–Crippen MR) is 306 cm³/mol. The minimum absolute atomic E-state index is 0.120. The molecule has 0 bridgehead atoms. The van der Waals surface area contributed by atoms with Gasteiger partial charge in [-0.2, -0.15) is 0 Å². The van der Waals surface area contributed by atoms with E-state index in [1.165, 1.54) is 77.0 Å². The Labute approximate surface area is 436 Å². The van der Waals surface area contributed by atoms with Crippen LogP contribution in [0.5, 0.6) is 0 Å². The van der Waals surface area contributed by atoms with Crippen LogP contribution in [0.4, 0.5) is 0 Å². The quantitative estimate of drug-likeness (QED) is 0.0199. The maximum absolute atomic E-state index is 12.9. The lowest BCUT2D eigenvalue weighted by molar-refractivity contribution is -0.166. The second-order valence-corrected chi connectivity index (χ2v) is 18.5. The molecular formula is C65H104O6. The van der Waals surface area contributed by atoms with Gasteiger partial charge in [0.25, 0.3) is 0 Å². The van der Waals surface area contributed by atoms with Gasteiger partial charge < -0.3 is 14.2 Å². The van der Waals surface area contributed by atoms with E-state index in [2.05, 4.69) is 142 Å². The van der Waals surface area contributed by atoms with Crippen molar-refractivity contribution >= 4 is 17.9 Å². The molecule has 71 heavy (non-hydrogen) atoms. The zero-order valence-electron chi connectivity index (χ0n) is 45.7. The first-order valence-electron chi connectivity index (χ1n) is 28.7. The highest BCUT2D eigenvalue weighted by Crippen LogP contribution is 2.13. The number of carbonyl (C=O) groups excluding carboxylic acids is 3. The van der Waals surface area contributed by atoms with E-state index in [9.17, 15) is 14.4 Å². The molecule has 0 radical (unpaired) electrons. The Morgan fingerprint density at radius 2 is 0.634 bits per heavy atom. The molecule has 0 saturated heterocycles. The molecule has 0 fully saturated rings. The molecule has 1 atom stereocenters. The highest BCUT2D eigenvalue weighted by molar-refractivity contribution is 5.71. The lowest BCUT2D eigenvalue weighted by atomic mass is 10.1. The fourth-order valence-electron chi connectivity index (χ4n) is 7.41. The molecule has 0 aliphatic heterocycles. The molecule has 0 aromatic heterocycles. The van der Waals surface area contributed by atoms with Gasteiger partial charge in [0, 0.05) is 19.3 Å². The summed E-state index contributed by atoms with van der Waals surface area (Å²) in [5.74, 6) is -1.04. The Balaban J connectivity index is 4.59. The third kappa shape index (κ3) is 56.3. The van der Waals surface area contributed by atoms with Crippen LogP contribution in [0.3, 0.4) is 0 Å². The van der Waals surface area contributed by atoms with Crippen LogP contribution in [0.15, 0.2) is 134 Å². The molecule has 400 valence electrons. The Bertz CT molecular complexity index is 1550.